The lowest BCUT2D eigenvalue weighted by Gasteiger charge is -2.53. The van der Waals surface area contributed by atoms with E-state index in [9.17, 15) is 24.3 Å². The van der Waals surface area contributed by atoms with Crippen molar-refractivity contribution in [2.75, 3.05) is 7.11 Å². The van der Waals surface area contributed by atoms with Crippen LogP contribution in [0.4, 0.5) is 0 Å². The lowest BCUT2D eigenvalue weighted by atomic mass is 9.49. The standard InChI is InChI=1S/C18H24O7/c1-5-10-11(16(21)22)6-7-18(3)12(17(23)24-4)8-13(25-9(2)19)15(20)14(10)18/h5,10-14H,1,6-8H2,2-4H3,(H,21,22)/t10-,11+,12-,13-,14-,18-/m0/s1. The Labute approximate surface area is 146 Å². The minimum atomic E-state index is -1.07. The molecule has 0 radical (unpaired) electrons. The Morgan fingerprint density at radius 1 is 1.36 bits per heavy atom. The first-order valence-corrected chi connectivity index (χ1v) is 8.31. The molecule has 0 saturated heterocycles. The third-order valence-electron chi connectivity index (χ3n) is 5.81. The highest BCUT2D eigenvalue weighted by Gasteiger charge is 2.61. The number of Topliss-reactive ketones (excluding diaryl/α,β-unsaturated/α-hetero) is 1. The van der Waals surface area contributed by atoms with E-state index >= 15 is 0 Å². The molecule has 0 aromatic rings. The van der Waals surface area contributed by atoms with Gasteiger partial charge in [-0.1, -0.05) is 13.0 Å². The van der Waals surface area contributed by atoms with Crippen LogP contribution in [0.15, 0.2) is 12.7 Å². The molecule has 7 heteroatoms. The highest BCUT2D eigenvalue weighted by molar-refractivity contribution is 5.92. The van der Waals surface area contributed by atoms with Crippen LogP contribution in [0.2, 0.25) is 0 Å². The summed E-state index contributed by atoms with van der Waals surface area (Å²) in [6.07, 6.45) is 1.20. The summed E-state index contributed by atoms with van der Waals surface area (Å²) in [5.41, 5.74) is -0.758. The molecule has 2 aliphatic rings. The van der Waals surface area contributed by atoms with Crippen LogP contribution < -0.4 is 0 Å². The van der Waals surface area contributed by atoms with E-state index in [1.807, 2.05) is 6.92 Å². The van der Waals surface area contributed by atoms with Crippen LogP contribution in [0.25, 0.3) is 0 Å². The molecule has 2 aliphatic carbocycles. The molecule has 2 fully saturated rings. The lowest BCUT2D eigenvalue weighted by Crippen LogP contribution is -2.59. The number of carboxylic acids is 1. The molecule has 2 saturated carbocycles. The third-order valence-corrected chi connectivity index (χ3v) is 5.81. The fraction of sp³-hybridized carbons (Fsp3) is 0.667. The van der Waals surface area contributed by atoms with Gasteiger partial charge >= 0.3 is 17.9 Å². The van der Waals surface area contributed by atoms with Crippen molar-refractivity contribution in [3.05, 3.63) is 12.7 Å². The quantitative estimate of drug-likeness (QED) is 0.605. The molecule has 6 atom stereocenters. The molecule has 25 heavy (non-hydrogen) atoms. The van der Waals surface area contributed by atoms with Gasteiger partial charge in [0.1, 0.15) is 0 Å². The number of ether oxygens (including phenoxy) is 2. The van der Waals surface area contributed by atoms with Gasteiger partial charge in [-0.25, -0.2) is 0 Å². The first-order chi connectivity index (χ1) is 11.7. The summed E-state index contributed by atoms with van der Waals surface area (Å²) < 4.78 is 10.0. The molecule has 0 heterocycles. The molecule has 0 spiro atoms. The van der Waals surface area contributed by atoms with E-state index in [0.29, 0.717) is 12.8 Å². The third kappa shape index (κ3) is 3.19. The van der Waals surface area contributed by atoms with E-state index in [1.54, 1.807) is 0 Å². The summed E-state index contributed by atoms with van der Waals surface area (Å²) in [7, 11) is 1.27. The van der Waals surface area contributed by atoms with E-state index in [-0.39, 0.29) is 12.2 Å². The first-order valence-electron chi connectivity index (χ1n) is 8.31. The van der Waals surface area contributed by atoms with E-state index in [0.717, 1.165) is 0 Å². The van der Waals surface area contributed by atoms with Crippen LogP contribution in [-0.2, 0) is 28.7 Å². The smallest absolute Gasteiger partial charge is 0.309 e. The Kier molecular flexibility index (Phi) is 5.34. The van der Waals surface area contributed by atoms with Crippen molar-refractivity contribution in [1.29, 1.82) is 0 Å². The van der Waals surface area contributed by atoms with Crippen LogP contribution in [0, 0.1) is 29.1 Å². The highest BCUT2D eigenvalue weighted by Crippen LogP contribution is 2.56. The average molecular weight is 352 g/mol. The number of esters is 2. The van der Waals surface area contributed by atoms with Crippen LogP contribution in [0.1, 0.15) is 33.1 Å². The van der Waals surface area contributed by atoms with Gasteiger partial charge in [-0.2, -0.15) is 0 Å². The predicted molar refractivity (Wildman–Crippen MR) is 86.3 cm³/mol. The molecule has 0 amide bonds. The number of carbonyl (C=O) groups is 4. The minimum absolute atomic E-state index is 0.0552. The largest absolute Gasteiger partial charge is 0.481 e. The van der Waals surface area contributed by atoms with Crippen LogP contribution in [0.3, 0.4) is 0 Å². The van der Waals surface area contributed by atoms with Gasteiger partial charge in [0.2, 0.25) is 0 Å². The number of carboxylic acid groups (broad SMARTS) is 1. The summed E-state index contributed by atoms with van der Waals surface area (Å²) in [6, 6.07) is 0. The number of allylic oxidation sites excluding steroid dienone is 1. The van der Waals surface area contributed by atoms with Crippen LogP contribution >= 0.6 is 0 Å². The fourth-order valence-corrected chi connectivity index (χ4v) is 4.59. The molecule has 0 unspecified atom stereocenters. The van der Waals surface area contributed by atoms with Crippen molar-refractivity contribution in [3.8, 4) is 0 Å². The topological polar surface area (TPSA) is 107 Å². The van der Waals surface area contributed by atoms with Gasteiger partial charge in [0.25, 0.3) is 0 Å². The Bertz CT molecular complexity index is 611. The predicted octanol–water partition coefficient (Wildman–Crippen LogP) is 1.60. The zero-order chi connectivity index (χ0) is 18.9. The maximum Gasteiger partial charge on any atom is 0.309 e. The Morgan fingerprint density at radius 2 is 2.00 bits per heavy atom. The van der Waals surface area contributed by atoms with Gasteiger partial charge in [0.05, 0.1) is 18.9 Å². The molecular weight excluding hydrogens is 328 g/mol. The molecule has 7 nitrogen and oxygen atoms in total. The Morgan fingerprint density at radius 3 is 2.48 bits per heavy atom. The zero-order valence-corrected chi connectivity index (χ0v) is 14.7. The number of hydrogen-bond acceptors (Lipinski definition) is 6. The maximum absolute atomic E-state index is 13.0. The van der Waals surface area contributed by atoms with Crippen LogP contribution in [0.5, 0.6) is 0 Å². The summed E-state index contributed by atoms with van der Waals surface area (Å²) in [5.74, 6) is -5.23. The Balaban J connectivity index is 2.51. The lowest BCUT2D eigenvalue weighted by molar-refractivity contribution is -0.181. The molecule has 138 valence electrons. The summed E-state index contributed by atoms with van der Waals surface area (Å²) in [4.78, 5) is 48.3. The SMILES string of the molecule is C=C[C@@H]1[C@H]2C(=O)[C@@H](OC(C)=O)C[C@@H](C(=O)OC)[C@]2(C)CC[C@H]1C(=O)O. The molecular formula is C18H24O7. The molecule has 0 bridgehead atoms. The second-order valence-corrected chi connectivity index (χ2v) is 7.09. The van der Waals surface area contributed by atoms with Crippen molar-refractivity contribution in [1.82, 2.24) is 0 Å². The normalized spacial score (nSPS) is 37.6. The van der Waals surface area contributed by atoms with Gasteiger partial charge in [-0.05, 0) is 18.3 Å². The van der Waals surface area contributed by atoms with Crippen molar-refractivity contribution in [2.24, 2.45) is 29.1 Å². The highest BCUT2D eigenvalue weighted by atomic mass is 16.5. The molecule has 0 aromatic carbocycles. The number of carbonyl (C=O) groups excluding carboxylic acids is 3. The number of hydrogen-bond donors (Lipinski definition) is 1. The second-order valence-electron chi connectivity index (χ2n) is 7.09. The number of methoxy groups -OCH3 is 1. The molecule has 0 aromatic heterocycles. The van der Waals surface area contributed by atoms with Gasteiger partial charge in [0, 0.05) is 25.2 Å². The van der Waals surface area contributed by atoms with Crippen molar-refractivity contribution in [3.63, 3.8) is 0 Å². The first kappa shape index (κ1) is 19.1. The number of aliphatic carboxylic acids is 1. The van der Waals surface area contributed by atoms with Crippen molar-refractivity contribution < 1.29 is 33.8 Å². The molecule has 2 rings (SSSR count). The maximum atomic E-state index is 13.0. The van der Waals surface area contributed by atoms with E-state index in [2.05, 4.69) is 6.58 Å². The number of ketones is 1. The van der Waals surface area contributed by atoms with Gasteiger partial charge < -0.3 is 14.6 Å². The van der Waals surface area contributed by atoms with Crippen molar-refractivity contribution in [2.45, 2.75) is 39.2 Å². The summed E-state index contributed by atoms with van der Waals surface area (Å²) in [6.45, 7) is 6.72. The Hall–Kier alpha value is -2.18. The zero-order valence-electron chi connectivity index (χ0n) is 14.7. The summed E-state index contributed by atoms with van der Waals surface area (Å²) >= 11 is 0. The van der Waals surface area contributed by atoms with Crippen molar-refractivity contribution >= 4 is 23.7 Å². The second kappa shape index (κ2) is 6.98. The number of rotatable bonds is 4. The van der Waals surface area contributed by atoms with Gasteiger partial charge in [-0.3, -0.25) is 19.2 Å². The van der Waals surface area contributed by atoms with Gasteiger partial charge in [0.15, 0.2) is 11.9 Å². The molecule has 1 N–H and O–H groups in total. The monoisotopic (exact) mass is 352 g/mol. The van der Waals surface area contributed by atoms with Crippen LogP contribution in [-0.4, -0.2) is 42.0 Å². The average Bonchev–Trinajstić information content (AvgIpc) is 2.55. The van der Waals surface area contributed by atoms with E-state index < -0.39 is 53.1 Å². The van der Waals surface area contributed by atoms with E-state index in [4.69, 9.17) is 9.47 Å². The van der Waals surface area contributed by atoms with E-state index in [1.165, 1.54) is 20.1 Å². The molecule has 0 aliphatic heterocycles. The number of fused-ring (bicyclic) bond motifs is 1. The van der Waals surface area contributed by atoms with Gasteiger partial charge in [-0.15, -0.1) is 6.58 Å². The summed E-state index contributed by atoms with van der Waals surface area (Å²) in [5, 5.41) is 9.50. The minimum Gasteiger partial charge on any atom is -0.481 e. The fourth-order valence-electron chi connectivity index (χ4n) is 4.59.